The van der Waals surface area contributed by atoms with Gasteiger partial charge in [0.15, 0.2) is 5.82 Å². The number of nitrogens with zero attached hydrogens (tertiary/aromatic N) is 3. The zero-order chi connectivity index (χ0) is 17.2. The van der Waals surface area contributed by atoms with E-state index in [2.05, 4.69) is 15.3 Å². The van der Waals surface area contributed by atoms with Crippen molar-refractivity contribution in [3.05, 3.63) is 47.8 Å². The second kappa shape index (κ2) is 8.46. The minimum atomic E-state index is -0.600. The van der Waals surface area contributed by atoms with Crippen LogP contribution in [0.5, 0.6) is 0 Å². The van der Waals surface area contributed by atoms with Gasteiger partial charge < -0.3 is 5.32 Å². The van der Waals surface area contributed by atoms with E-state index in [9.17, 15) is 8.78 Å². The summed E-state index contributed by atoms with van der Waals surface area (Å²) in [6, 6.07) is 6.09. The Bertz CT molecular complexity index is 724. The molecule has 0 amide bonds. The molecule has 0 atom stereocenters. The first-order valence-corrected chi connectivity index (χ1v) is 9.13. The van der Waals surface area contributed by atoms with Crippen molar-refractivity contribution >= 4 is 12.4 Å². The fourth-order valence-electron chi connectivity index (χ4n) is 3.43. The average Bonchev–Trinajstić information content (AvgIpc) is 3.32. The summed E-state index contributed by atoms with van der Waals surface area (Å²) in [6.07, 6.45) is 6.85. The van der Waals surface area contributed by atoms with E-state index in [1.54, 1.807) is 6.20 Å². The Hall–Kier alpha value is -1.50. The van der Waals surface area contributed by atoms with E-state index in [0.717, 1.165) is 37.3 Å². The van der Waals surface area contributed by atoms with Crippen molar-refractivity contribution in [2.45, 2.75) is 38.3 Å². The molecule has 0 unspecified atom stereocenters. The second-order valence-electron chi connectivity index (χ2n) is 7.25. The van der Waals surface area contributed by atoms with Crippen molar-refractivity contribution in [2.75, 3.05) is 19.6 Å². The maximum Gasteiger partial charge on any atom is 0.151 e. The summed E-state index contributed by atoms with van der Waals surface area (Å²) in [4.78, 5) is 2.39. The zero-order valence-electron chi connectivity index (χ0n) is 14.7. The van der Waals surface area contributed by atoms with Crippen LogP contribution in [0.4, 0.5) is 8.78 Å². The first-order valence-electron chi connectivity index (χ1n) is 9.13. The smallest absolute Gasteiger partial charge is 0.151 e. The van der Waals surface area contributed by atoms with Crippen molar-refractivity contribution in [1.29, 1.82) is 0 Å². The number of benzene rings is 1. The summed E-state index contributed by atoms with van der Waals surface area (Å²) >= 11 is 0. The van der Waals surface area contributed by atoms with E-state index in [1.165, 1.54) is 49.0 Å². The third kappa shape index (κ3) is 4.81. The van der Waals surface area contributed by atoms with Crippen LogP contribution < -0.4 is 5.32 Å². The molecule has 1 aromatic carbocycles. The summed E-state index contributed by atoms with van der Waals surface area (Å²) in [5, 5.41) is 8.13. The van der Waals surface area contributed by atoms with Crippen LogP contribution in [0.3, 0.4) is 0 Å². The zero-order valence-corrected chi connectivity index (χ0v) is 15.5. The minimum absolute atomic E-state index is 0. The van der Waals surface area contributed by atoms with Gasteiger partial charge in [0.05, 0.1) is 5.69 Å². The van der Waals surface area contributed by atoms with E-state index in [1.807, 2.05) is 6.07 Å². The van der Waals surface area contributed by atoms with E-state index in [0.29, 0.717) is 6.04 Å². The number of hydrogen-bond donors (Lipinski definition) is 1. The first kappa shape index (κ1) is 19.3. The van der Waals surface area contributed by atoms with Crippen LogP contribution in [0, 0.1) is 17.6 Å². The molecule has 1 aliphatic carbocycles. The van der Waals surface area contributed by atoms with Crippen LogP contribution in [0.1, 0.15) is 31.4 Å². The molecular weight excluding hydrogens is 358 g/mol. The Morgan fingerprint density at radius 2 is 1.85 bits per heavy atom. The molecule has 1 saturated carbocycles. The molecule has 0 bridgehead atoms. The Morgan fingerprint density at radius 3 is 2.54 bits per heavy atom. The molecule has 2 aromatic rings. The number of aromatic nitrogens is 2. The molecule has 2 aliphatic rings. The standard InChI is InChI=1S/C19H24F2N4.ClH/c20-15-3-4-19(18(21)11-15)25-10-7-17(23-25)13-24-8-5-16(6-9-24)22-12-14-1-2-14;/h3-4,7,10-11,14,16,22H,1-2,5-6,8-9,12-13H2;1H. The molecule has 26 heavy (non-hydrogen) atoms. The van der Waals surface area contributed by atoms with Crippen LogP contribution >= 0.6 is 12.4 Å². The molecule has 0 radical (unpaired) electrons. The lowest BCUT2D eigenvalue weighted by molar-refractivity contribution is 0.188. The van der Waals surface area contributed by atoms with E-state index >= 15 is 0 Å². The van der Waals surface area contributed by atoms with Gasteiger partial charge in [0, 0.05) is 37.9 Å². The van der Waals surface area contributed by atoms with Crippen LogP contribution in [0.2, 0.25) is 0 Å². The molecule has 4 nitrogen and oxygen atoms in total. The monoisotopic (exact) mass is 382 g/mol. The summed E-state index contributed by atoms with van der Waals surface area (Å²) in [5.41, 5.74) is 1.18. The van der Waals surface area contributed by atoms with Crippen LogP contribution in [0.25, 0.3) is 5.69 Å². The van der Waals surface area contributed by atoms with Crippen LogP contribution in [0.15, 0.2) is 30.5 Å². The van der Waals surface area contributed by atoms with Gasteiger partial charge in [-0.15, -0.1) is 12.4 Å². The third-order valence-corrected chi connectivity index (χ3v) is 5.17. The van der Waals surface area contributed by atoms with Gasteiger partial charge in [0.1, 0.15) is 11.5 Å². The lowest BCUT2D eigenvalue weighted by Crippen LogP contribution is -2.42. The van der Waals surface area contributed by atoms with E-state index in [4.69, 9.17) is 0 Å². The number of nitrogens with one attached hydrogen (secondary N) is 1. The van der Waals surface area contributed by atoms with Gasteiger partial charge in [-0.3, -0.25) is 4.90 Å². The normalized spacial score (nSPS) is 18.7. The Balaban J connectivity index is 0.00000196. The lowest BCUT2D eigenvalue weighted by atomic mass is 10.0. The molecule has 1 saturated heterocycles. The molecule has 142 valence electrons. The quantitative estimate of drug-likeness (QED) is 0.829. The average molecular weight is 383 g/mol. The van der Waals surface area contributed by atoms with Crippen LogP contribution in [-0.4, -0.2) is 40.4 Å². The maximum atomic E-state index is 13.9. The predicted octanol–water partition coefficient (Wildman–Crippen LogP) is 3.54. The van der Waals surface area contributed by atoms with Gasteiger partial charge in [0.2, 0.25) is 0 Å². The van der Waals surface area contributed by atoms with Crippen molar-refractivity contribution < 1.29 is 8.78 Å². The summed E-state index contributed by atoms with van der Waals surface area (Å²) in [5.74, 6) is -0.252. The fourth-order valence-corrected chi connectivity index (χ4v) is 3.43. The highest BCUT2D eigenvalue weighted by Gasteiger charge is 2.24. The molecule has 2 fully saturated rings. The first-order chi connectivity index (χ1) is 12.2. The maximum absolute atomic E-state index is 13.9. The summed E-state index contributed by atoms with van der Waals surface area (Å²) in [6.45, 7) is 4.06. The van der Waals surface area contributed by atoms with Crippen molar-refractivity contribution in [2.24, 2.45) is 5.92 Å². The number of likely N-dealkylation sites (tertiary alicyclic amines) is 1. The van der Waals surface area contributed by atoms with Gasteiger partial charge in [0.25, 0.3) is 0 Å². The number of piperidine rings is 1. The largest absolute Gasteiger partial charge is 0.314 e. The van der Waals surface area contributed by atoms with Gasteiger partial charge in [-0.05, 0) is 56.3 Å². The van der Waals surface area contributed by atoms with Crippen molar-refractivity contribution in [3.63, 3.8) is 0 Å². The van der Waals surface area contributed by atoms with Crippen LogP contribution in [-0.2, 0) is 6.54 Å². The number of hydrogen-bond acceptors (Lipinski definition) is 3. The highest BCUT2D eigenvalue weighted by atomic mass is 35.5. The second-order valence-corrected chi connectivity index (χ2v) is 7.25. The van der Waals surface area contributed by atoms with Gasteiger partial charge >= 0.3 is 0 Å². The highest BCUT2D eigenvalue weighted by molar-refractivity contribution is 5.85. The number of rotatable bonds is 6. The lowest BCUT2D eigenvalue weighted by Gasteiger charge is -2.32. The van der Waals surface area contributed by atoms with Gasteiger partial charge in [-0.25, -0.2) is 13.5 Å². The SMILES string of the molecule is Cl.Fc1ccc(-n2ccc(CN3CCC(NCC4CC4)CC3)n2)c(F)c1. The summed E-state index contributed by atoms with van der Waals surface area (Å²) in [7, 11) is 0. The Morgan fingerprint density at radius 1 is 1.08 bits per heavy atom. The fraction of sp³-hybridized carbons (Fsp3) is 0.526. The van der Waals surface area contributed by atoms with E-state index in [-0.39, 0.29) is 18.1 Å². The summed E-state index contributed by atoms with van der Waals surface area (Å²) < 4.78 is 28.4. The molecule has 0 spiro atoms. The van der Waals surface area contributed by atoms with Crippen molar-refractivity contribution in [3.8, 4) is 5.69 Å². The molecule has 4 rings (SSSR count). The topological polar surface area (TPSA) is 33.1 Å². The predicted molar refractivity (Wildman–Crippen MR) is 99.8 cm³/mol. The Kier molecular flexibility index (Phi) is 6.27. The Labute approximate surface area is 159 Å². The molecule has 1 aromatic heterocycles. The third-order valence-electron chi connectivity index (χ3n) is 5.17. The minimum Gasteiger partial charge on any atom is -0.314 e. The highest BCUT2D eigenvalue weighted by Crippen LogP contribution is 2.28. The molecule has 1 N–H and O–H groups in total. The van der Waals surface area contributed by atoms with E-state index < -0.39 is 11.6 Å². The molecular formula is C19H25ClF2N4. The van der Waals surface area contributed by atoms with Crippen molar-refractivity contribution in [1.82, 2.24) is 20.0 Å². The van der Waals surface area contributed by atoms with Gasteiger partial charge in [-0.1, -0.05) is 0 Å². The molecule has 2 heterocycles. The van der Waals surface area contributed by atoms with Gasteiger partial charge in [-0.2, -0.15) is 5.10 Å². The molecule has 1 aliphatic heterocycles. The molecule has 7 heteroatoms. The number of halogens is 3.